The first kappa shape index (κ1) is 28.3. The van der Waals surface area contributed by atoms with Crippen LogP contribution in [-0.4, -0.2) is 36.5 Å². The number of hydrogen-bond donors (Lipinski definition) is 0. The summed E-state index contributed by atoms with van der Waals surface area (Å²) in [4.78, 5) is 19.8. The zero-order valence-electron chi connectivity index (χ0n) is 21.6. The van der Waals surface area contributed by atoms with Crippen LogP contribution in [0.3, 0.4) is 0 Å². The third kappa shape index (κ3) is 6.82. The van der Waals surface area contributed by atoms with Crippen LogP contribution in [0.1, 0.15) is 49.8 Å². The predicted octanol–water partition coefficient (Wildman–Crippen LogP) is 7.73. The van der Waals surface area contributed by atoms with Gasteiger partial charge >= 0.3 is 6.36 Å². The van der Waals surface area contributed by atoms with Crippen molar-refractivity contribution in [2.24, 2.45) is 10.9 Å². The molecule has 206 valence electrons. The van der Waals surface area contributed by atoms with Gasteiger partial charge in [0.15, 0.2) is 0 Å². The van der Waals surface area contributed by atoms with Gasteiger partial charge in [-0.15, -0.1) is 13.2 Å². The van der Waals surface area contributed by atoms with Crippen LogP contribution in [0.25, 0.3) is 11.1 Å². The van der Waals surface area contributed by atoms with Gasteiger partial charge in [-0.3, -0.25) is 9.79 Å². The minimum atomic E-state index is -4.77. The molecule has 1 aliphatic heterocycles. The normalized spacial score (nSPS) is 17.2. The zero-order chi connectivity index (χ0) is 28.2. The quantitative estimate of drug-likeness (QED) is 0.204. The van der Waals surface area contributed by atoms with Crippen molar-refractivity contribution in [3.8, 4) is 16.9 Å². The summed E-state index contributed by atoms with van der Waals surface area (Å²) in [6, 6.07) is 15.6. The van der Waals surface area contributed by atoms with E-state index in [2.05, 4.69) is 16.7 Å². The smallest absolute Gasteiger partial charge is 0.406 e. The molecule has 0 N–H and O–H groups in total. The van der Waals surface area contributed by atoms with Crippen molar-refractivity contribution in [1.82, 2.24) is 4.90 Å². The average molecular weight is 545 g/mol. The van der Waals surface area contributed by atoms with Crippen LogP contribution in [0.2, 0.25) is 0 Å². The molecule has 0 unspecified atom stereocenters. The molecular weight excluding hydrogens is 515 g/mol. The number of nitrogens with zero attached hydrogens (tertiary/aromatic N) is 2. The number of amides is 1. The maximum absolute atomic E-state index is 14.6. The minimum Gasteiger partial charge on any atom is -0.406 e. The van der Waals surface area contributed by atoms with Crippen molar-refractivity contribution >= 4 is 11.6 Å². The van der Waals surface area contributed by atoms with E-state index in [-0.39, 0.29) is 29.4 Å². The highest BCUT2D eigenvalue weighted by molar-refractivity contribution is 6.05. The van der Waals surface area contributed by atoms with E-state index in [4.69, 9.17) is 0 Å². The Bertz CT molecular complexity index is 1300. The summed E-state index contributed by atoms with van der Waals surface area (Å²) in [5.41, 5.74) is 2.09. The summed E-state index contributed by atoms with van der Waals surface area (Å²) in [7, 11) is 1.73. The first-order chi connectivity index (χ1) is 18.6. The molecule has 2 atom stereocenters. The lowest BCUT2D eigenvalue weighted by Gasteiger charge is -2.24. The van der Waals surface area contributed by atoms with E-state index in [1.165, 1.54) is 42.5 Å². The number of halogens is 5. The summed E-state index contributed by atoms with van der Waals surface area (Å²) in [6.07, 6.45) is -1.82. The van der Waals surface area contributed by atoms with Crippen LogP contribution < -0.4 is 4.74 Å². The molecule has 4 nitrogen and oxygen atoms in total. The number of ether oxygens (including phenoxy) is 1. The molecule has 0 aromatic heterocycles. The van der Waals surface area contributed by atoms with Gasteiger partial charge < -0.3 is 9.64 Å². The number of carbonyl (C=O) groups excluding carboxylic acids is 1. The highest BCUT2D eigenvalue weighted by atomic mass is 19.4. The summed E-state index contributed by atoms with van der Waals surface area (Å²) in [5, 5.41) is 0. The largest absolute Gasteiger partial charge is 0.573 e. The molecule has 0 spiro atoms. The number of alkyl halides is 3. The van der Waals surface area contributed by atoms with Crippen molar-refractivity contribution in [3.63, 3.8) is 0 Å². The molecule has 0 saturated carbocycles. The van der Waals surface area contributed by atoms with Gasteiger partial charge in [-0.2, -0.15) is 0 Å². The van der Waals surface area contributed by atoms with Gasteiger partial charge in [0, 0.05) is 25.7 Å². The fourth-order valence-corrected chi connectivity index (χ4v) is 4.81. The SMILES string of the molecule is CCCCCN(C)C(=O)[C@H]1CC(c2c(F)cccc2F)=N[C@H]1c1ccc(-c2ccc(OC(F)(F)F)cc2)cc1. The Morgan fingerprint density at radius 1 is 0.949 bits per heavy atom. The molecule has 3 aromatic carbocycles. The molecule has 0 fully saturated rings. The standard InChI is InChI=1S/C30H29F5N2O2/c1-3-4-5-17-37(2)29(38)23-18-26(27-24(31)7-6-8-25(27)32)36-28(23)21-11-9-19(10-12-21)20-13-15-22(16-14-20)39-30(33,34)35/h6-16,23,28H,3-5,17-18H2,1-2H3/t23-,28-/m0/s1. The van der Waals surface area contributed by atoms with Crippen LogP contribution in [0, 0.1) is 17.6 Å². The monoisotopic (exact) mass is 544 g/mol. The van der Waals surface area contributed by atoms with E-state index >= 15 is 0 Å². The molecule has 1 aliphatic rings. The van der Waals surface area contributed by atoms with Gasteiger partial charge in [0.25, 0.3) is 0 Å². The van der Waals surface area contributed by atoms with E-state index in [9.17, 15) is 26.7 Å². The van der Waals surface area contributed by atoms with E-state index in [1.807, 2.05) is 0 Å². The van der Waals surface area contributed by atoms with Gasteiger partial charge in [0.1, 0.15) is 17.4 Å². The fraction of sp³-hybridized carbons (Fsp3) is 0.333. The fourth-order valence-electron chi connectivity index (χ4n) is 4.81. The molecule has 0 aliphatic carbocycles. The van der Waals surface area contributed by atoms with E-state index < -0.39 is 30.0 Å². The Morgan fingerprint density at radius 2 is 1.54 bits per heavy atom. The number of carbonyl (C=O) groups is 1. The molecule has 0 radical (unpaired) electrons. The zero-order valence-corrected chi connectivity index (χ0v) is 21.6. The molecule has 0 bridgehead atoms. The maximum Gasteiger partial charge on any atom is 0.573 e. The Labute approximate surface area is 224 Å². The van der Waals surface area contributed by atoms with E-state index in [0.29, 0.717) is 17.7 Å². The first-order valence-electron chi connectivity index (χ1n) is 12.8. The lowest BCUT2D eigenvalue weighted by Crippen LogP contribution is -2.35. The second-order valence-corrected chi connectivity index (χ2v) is 9.59. The lowest BCUT2D eigenvalue weighted by molar-refractivity contribution is -0.274. The minimum absolute atomic E-state index is 0.0991. The van der Waals surface area contributed by atoms with Crippen LogP contribution in [-0.2, 0) is 4.79 Å². The van der Waals surface area contributed by atoms with Crippen LogP contribution >= 0.6 is 0 Å². The Kier molecular flexibility index (Phi) is 8.67. The van der Waals surface area contributed by atoms with Crippen LogP contribution in [0.5, 0.6) is 5.75 Å². The molecule has 1 heterocycles. The van der Waals surface area contributed by atoms with Crippen molar-refractivity contribution in [1.29, 1.82) is 0 Å². The van der Waals surface area contributed by atoms with Crippen molar-refractivity contribution in [2.45, 2.75) is 45.0 Å². The number of unbranched alkanes of at least 4 members (excludes halogenated alkanes) is 2. The summed E-state index contributed by atoms with van der Waals surface area (Å²) < 4.78 is 70.5. The van der Waals surface area contributed by atoms with E-state index in [1.54, 1.807) is 36.2 Å². The van der Waals surface area contributed by atoms with Crippen LogP contribution in [0.15, 0.2) is 71.7 Å². The topological polar surface area (TPSA) is 41.9 Å². The molecule has 39 heavy (non-hydrogen) atoms. The summed E-state index contributed by atoms with van der Waals surface area (Å²) >= 11 is 0. The summed E-state index contributed by atoms with van der Waals surface area (Å²) in [5.74, 6) is -2.55. The van der Waals surface area contributed by atoms with Gasteiger partial charge in [0.05, 0.1) is 17.5 Å². The Morgan fingerprint density at radius 3 is 2.10 bits per heavy atom. The molecular formula is C30H29F5N2O2. The van der Waals surface area contributed by atoms with Gasteiger partial charge in [-0.25, -0.2) is 8.78 Å². The molecule has 3 aromatic rings. The Hall–Kier alpha value is -3.75. The van der Waals surface area contributed by atoms with Gasteiger partial charge in [0.2, 0.25) is 5.91 Å². The maximum atomic E-state index is 14.6. The number of aliphatic imine (C=N–C) groups is 1. The Balaban J connectivity index is 1.61. The lowest BCUT2D eigenvalue weighted by atomic mass is 9.89. The third-order valence-corrected chi connectivity index (χ3v) is 6.80. The number of benzene rings is 3. The molecule has 9 heteroatoms. The van der Waals surface area contributed by atoms with Crippen LogP contribution in [0.4, 0.5) is 22.0 Å². The number of hydrogen-bond acceptors (Lipinski definition) is 3. The van der Waals surface area contributed by atoms with Crippen molar-refractivity contribution in [2.75, 3.05) is 13.6 Å². The number of rotatable bonds is 9. The second kappa shape index (κ2) is 12.0. The first-order valence-corrected chi connectivity index (χ1v) is 12.8. The third-order valence-electron chi connectivity index (χ3n) is 6.80. The van der Waals surface area contributed by atoms with E-state index in [0.717, 1.165) is 24.8 Å². The van der Waals surface area contributed by atoms with Crippen molar-refractivity contribution in [3.05, 3.63) is 89.5 Å². The van der Waals surface area contributed by atoms with Crippen molar-refractivity contribution < 1.29 is 31.5 Å². The molecule has 1 amide bonds. The second-order valence-electron chi connectivity index (χ2n) is 9.59. The highest BCUT2D eigenvalue weighted by Gasteiger charge is 2.39. The highest BCUT2D eigenvalue weighted by Crippen LogP contribution is 2.39. The van der Waals surface area contributed by atoms with Gasteiger partial charge in [-0.05, 0) is 47.4 Å². The molecule has 0 saturated heterocycles. The predicted molar refractivity (Wildman–Crippen MR) is 139 cm³/mol. The average Bonchev–Trinajstić information content (AvgIpc) is 3.33. The summed E-state index contributed by atoms with van der Waals surface area (Å²) in [6.45, 7) is 2.65. The van der Waals surface area contributed by atoms with Gasteiger partial charge in [-0.1, -0.05) is 62.2 Å². The molecule has 4 rings (SSSR count).